The van der Waals surface area contributed by atoms with Crippen LogP contribution in [-0.2, 0) is 0 Å². The Hall–Kier alpha value is -0.610. The summed E-state index contributed by atoms with van der Waals surface area (Å²) in [7, 11) is 0. The van der Waals surface area contributed by atoms with Crippen molar-refractivity contribution >= 4 is 43.8 Å². The predicted octanol–water partition coefficient (Wildman–Crippen LogP) is 3.28. The van der Waals surface area contributed by atoms with Gasteiger partial charge in [0.15, 0.2) is 0 Å². The molecule has 0 radical (unpaired) electrons. The number of phenols is 1. The molecule has 68 valence electrons. The van der Waals surface area contributed by atoms with Crippen LogP contribution in [0.4, 0.5) is 0 Å². The molecule has 0 spiro atoms. The lowest BCUT2D eigenvalue weighted by Crippen LogP contribution is -1.78. The minimum Gasteiger partial charge on any atom is -0.508 e. The van der Waals surface area contributed by atoms with Crippen LogP contribution in [-0.4, -0.2) is 10.1 Å². The summed E-state index contributed by atoms with van der Waals surface area (Å²) in [6.45, 7) is 0. The predicted molar refractivity (Wildman–Crippen MR) is 61.4 cm³/mol. The first-order valence-corrected chi connectivity index (χ1v) is 4.30. The minimum absolute atomic E-state index is 0. The molecule has 1 aromatic carbocycles. The molecule has 0 unspecified atom stereocenters. The average molecular weight is 305 g/mol. The van der Waals surface area contributed by atoms with E-state index in [-0.39, 0.29) is 22.7 Å². The van der Waals surface area contributed by atoms with E-state index in [1.807, 2.05) is 12.1 Å². The molecule has 1 N–H and O–H groups in total. The van der Waals surface area contributed by atoms with Crippen LogP contribution in [0.1, 0.15) is 0 Å². The third-order valence-electron chi connectivity index (χ3n) is 1.64. The number of hydrogen-bond donors (Lipinski definition) is 1. The van der Waals surface area contributed by atoms with Crippen molar-refractivity contribution in [2.24, 2.45) is 0 Å². The number of halogens is 2. The van der Waals surface area contributed by atoms with Gasteiger partial charge in [-0.2, -0.15) is 0 Å². The highest BCUT2D eigenvalue weighted by Crippen LogP contribution is 2.26. The molecule has 13 heavy (non-hydrogen) atoms. The minimum atomic E-state index is 0. The zero-order chi connectivity index (χ0) is 8.55. The van der Waals surface area contributed by atoms with Crippen LogP contribution in [0, 0.1) is 0 Å². The van der Waals surface area contributed by atoms with Gasteiger partial charge in [-0.3, -0.25) is 4.98 Å². The van der Waals surface area contributed by atoms with Crippen molar-refractivity contribution in [2.45, 2.75) is 0 Å². The summed E-state index contributed by atoms with van der Waals surface area (Å²) in [6.07, 6.45) is 1.73. The molecule has 0 saturated carbocycles. The molecule has 2 aromatic rings. The number of pyridine rings is 1. The second kappa shape index (κ2) is 4.07. The molecule has 0 fully saturated rings. The summed E-state index contributed by atoms with van der Waals surface area (Å²) < 4.78 is 0.818. The Morgan fingerprint density at radius 2 is 2.08 bits per heavy atom. The molecule has 0 aliphatic rings. The molecular formula is C9H7Br2NO. The van der Waals surface area contributed by atoms with E-state index in [1.165, 1.54) is 0 Å². The van der Waals surface area contributed by atoms with E-state index < -0.39 is 0 Å². The molecule has 4 heteroatoms. The quantitative estimate of drug-likeness (QED) is 0.810. The van der Waals surface area contributed by atoms with Crippen molar-refractivity contribution in [2.75, 3.05) is 0 Å². The summed E-state index contributed by atoms with van der Waals surface area (Å²) in [4.78, 5) is 4.16. The van der Waals surface area contributed by atoms with Gasteiger partial charge in [0, 0.05) is 16.1 Å². The number of aromatic hydroxyl groups is 1. The van der Waals surface area contributed by atoms with Gasteiger partial charge in [-0.05, 0) is 34.1 Å². The van der Waals surface area contributed by atoms with Crippen LogP contribution in [0.15, 0.2) is 34.9 Å². The standard InChI is InChI=1S/C9H6BrNO.BrH/c10-8-5-7(12)4-6-2-1-3-11-9(6)8;/h1-5,12H;1H. The van der Waals surface area contributed by atoms with Gasteiger partial charge in [-0.1, -0.05) is 6.07 Å². The van der Waals surface area contributed by atoms with Gasteiger partial charge in [-0.15, -0.1) is 17.0 Å². The van der Waals surface area contributed by atoms with E-state index in [4.69, 9.17) is 0 Å². The SMILES string of the molecule is Br.Oc1cc(Br)c2ncccc2c1. The maximum Gasteiger partial charge on any atom is 0.117 e. The third kappa shape index (κ3) is 2.00. The second-order valence-electron chi connectivity index (χ2n) is 2.50. The summed E-state index contributed by atoms with van der Waals surface area (Å²) in [5.41, 5.74) is 0.871. The third-order valence-corrected chi connectivity index (χ3v) is 2.25. The zero-order valence-corrected chi connectivity index (χ0v) is 9.87. The Morgan fingerprint density at radius 1 is 1.31 bits per heavy atom. The summed E-state index contributed by atoms with van der Waals surface area (Å²) >= 11 is 3.33. The van der Waals surface area contributed by atoms with Crippen molar-refractivity contribution in [3.63, 3.8) is 0 Å². The second-order valence-corrected chi connectivity index (χ2v) is 3.36. The number of nitrogens with zero attached hydrogens (tertiary/aromatic N) is 1. The summed E-state index contributed by atoms with van der Waals surface area (Å²) in [5.74, 6) is 0.252. The van der Waals surface area contributed by atoms with Crippen LogP contribution in [0.2, 0.25) is 0 Å². The van der Waals surface area contributed by atoms with Gasteiger partial charge >= 0.3 is 0 Å². The maximum atomic E-state index is 9.25. The van der Waals surface area contributed by atoms with Gasteiger partial charge in [0.1, 0.15) is 5.75 Å². The fraction of sp³-hybridized carbons (Fsp3) is 0. The van der Waals surface area contributed by atoms with Gasteiger partial charge < -0.3 is 5.11 Å². The van der Waals surface area contributed by atoms with E-state index in [1.54, 1.807) is 18.3 Å². The lowest BCUT2D eigenvalue weighted by atomic mass is 10.2. The maximum absolute atomic E-state index is 9.25. The fourth-order valence-corrected chi connectivity index (χ4v) is 1.70. The first-order chi connectivity index (χ1) is 5.77. The topological polar surface area (TPSA) is 33.1 Å². The summed E-state index contributed by atoms with van der Waals surface area (Å²) in [6, 6.07) is 7.07. The molecule has 0 aliphatic heterocycles. The molecule has 1 heterocycles. The molecule has 0 atom stereocenters. The molecule has 0 aliphatic carbocycles. The number of phenolic OH excluding ortho intramolecular Hbond substituents is 1. The van der Waals surface area contributed by atoms with E-state index in [2.05, 4.69) is 20.9 Å². The lowest BCUT2D eigenvalue weighted by molar-refractivity contribution is 0.476. The molecule has 0 saturated heterocycles. The highest BCUT2D eigenvalue weighted by Gasteiger charge is 2.00. The highest BCUT2D eigenvalue weighted by atomic mass is 79.9. The number of fused-ring (bicyclic) bond motifs is 1. The largest absolute Gasteiger partial charge is 0.508 e. The van der Waals surface area contributed by atoms with Crippen LogP contribution in [0.25, 0.3) is 10.9 Å². The highest BCUT2D eigenvalue weighted by molar-refractivity contribution is 9.10. The van der Waals surface area contributed by atoms with Crippen molar-refractivity contribution in [3.8, 4) is 5.75 Å². The number of rotatable bonds is 0. The van der Waals surface area contributed by atoms with Crippen molar-refractivity contribution in [1.82, 2.24) is 4.98 Å². The first kappa shape index (κ1) is 10.5. The van der Waals surface area contributed by atoms with Gasteiger partial charge in [-0.25, -0.2) is 0 Å². The molecule has 0 amide bonds. The number of aromatic nitrogens is 1. The molecule has 2 rings (SSSR count). The van der Waals surface area contributed by atoms with Crippen LogP contribution >= 0.6 is 32.9 Å². The molecular weight excluding hydrogens is 298 g/mol. The molecule has 2 nitrogen and oxygen atoms in total. The zero-order valence-electron chi connectivity index (χ0n) is 6.57. The molecule has 1 aromatic heterocycles. The number of benzene rings is 1. The number of hydrogen-bond acceptors (Lipinski definition) is 2. The van der Waals surface area contributed by atoms with Crippen molar-refractivity contribution < 1.29 is 5.11 Å². The van der Waals surface area contributed by atoms with Gasteiger partial charge in [0.2, 0.25) is 0 Å². The average Bonchev–Trinajstić information content (AvgIpc) is 2.04. The Bertz CT molecular complexity index is 431. The Morgan fingerprint density at radius 3 is 2.85 bits per heavy atom. The van der Waals surface area contributed by atoms with Crippen LogP contribution in [0.5, 0.6) is 5.75 Å². The van der Waals surface area contributed by atoms with Gasteiger partial charge in [0.05, 0.1) is 5.52 Å². The van der Waals surface area contributed by atoms with E-state index in [0.29, 0.717) is 0 Å². The Balaban J connectivity index is 0.000000845. The van der Waals surface area contributed by atoms with Crippen molar-refractivity contribution in [1.29, 1.82) is 0 Å². The monoisotopic (exact) mass is 303 g/mol. The fourth-order valence-electron chi connectivity index (χ4n) is 1.13. The van der Waals surface area contributed by atoms with E-state index >= 15 is 0 Å². The van der Waals surface area contributed by atoms with E-state index in [9.17, 15) is 5.11 Å². The smallest absolute Gasteiger partial charge is 0.117 e. The van der Waals surface area contributed by atoms with Gasteiger partial charge in [0.25, 0.3) is 0 Å². The van der Waals surface area contributed by atoms with Crippen molar-refractivity contribution in [3.05, 3.63) is 34.9 Å². The summed E-state index contributed by atoms with van der Waals surface area (Å²) in [5, 5.41) is 10.2. The Labute approximate surface area is 94.5 Å². The van der Waals surface area contributed by atoms with Crippen LogP contribution < -0.4 is 0 Å². The lowest BCUT2D eigenvalue weighted by Gasteiger charge is -1.99. The van der Waals surface area contributed by atoms with Crippen LogP contribution in [0.3, 0.4) is 0 Å². The van der Waals surface area contributed by atoms with E-state index in [0.717, 1.165) is 15.4 Å². The Kier molecular flexibility index (Phi) is 3.27. The molecule has 0 bridgehead atoms. The first-order valence-electron chi connectivity index (χ1n) is 3.50. The normalized spacial score (nSPS) is 9.62.